The minimum Gasteiger partial charge on any atom is -0.493 e. The molecule has 1 saturated heterocycles. The molecule has 2 atom stereocenters. The van der Waals surface area contributed by atoms with E-state index in [0.29, 0.717) is 29.6 Å². The van der Waals surface area contributed by atoms with Gasteiger partial charge in [-0.2, -0.15) is 0 Å². The summed E-state index contributed by atoms with van der Waals surface area (Å²) in [5.41, 5.74) is 1.60. The first-order valence-corrected chi connectivity index (χ1v) is 11.0. The Morgan fingerprint density at radius 2 is 2.00 bits per heavy atom. The fourth-order valence-corrected chi connectivity index (χ4v) is 3.86. The number of aliphatic imine (C=N–C) groups is 1. The third-order valence-electron chi connectivity index (χ3n) is 5.49. The Morgan fingerprint density at radius 1 is 1.21 bits per heavy atom. The lowest BCUT2D eigenvalue weighted by atomic mass is 10.0. The number of aliphatic hydroxyl groups excluding tert-OH is 1. The van der Waals surface area contributed by atoms with Crippen molar-refractivity contribution in [3.63, 3.8) is 0 Å². The molecule has 2 aromatic rings. The van der Waals surface area contributed by atoms with Gasteiger partial charge in [-0.3, -0.25) is 4.99 Å². The largest absolute Gasteiger partial charge is 0.493 e. The van der Waals surface area contributed by atoms with Crippen LogP contribution in [0.1, 0.15) is 31.4 Å². The van der Waals surface area contributed by atoms with Crippen LogP contribution in [0.25, 0.3) is 0 Å². The van der Waals surface area contributed by atoms with Crippen LogP contribution in [0.2, 0.25) is 0 Å². The van der Waals surface area contributed by atoms with Crippen molar-refractivity contribution in [2.75, 3.05) is 45.3 Å². The van der Waals surface area contributed by atoms with Gasteiger partial charge in [0.05, 0.1) is 26.9 Å². The van der Waals surface area contributed by atoms with Crippen LogP contribution >= 0.6 is 24.0 Å². The van der Waals surface area contributed by atoms with Crippen LogP contribution in [0.5, 0.6) is 11.5 Å². The summed E-state index contributed by atoms with van der Waals surface area (Å²) in [5.74, 6) is 1.61. The number of benzene rings is 2. The zero-order chi connectivity index (χ0) is 22.9. The van der Waals surface area contributed by atoms with Crippen molar-refractivity contribution in [2.45, 2.75) is 31.9 Å². The Bertz CT molecular complexity index is 915. The minimum atomic E-state index is -0.777. The second-order valence-electron chi connectivity index (χ2n) is 7.76. The molecule has 3 N–H and O–H groups in total. The molecule has 0 radical (unpaired) electrons. The number of anilines is 1. The van der Waals surface area contributed by atoms with Crippen molar-refractivity contribution in [3.8, 4) is 11.5 Å². The number of hydrogen-bond acceptors (Lipinski definition) is 5. The van der Waals surface area contributed by atoms with Crippen molar-refractivity contribution < 1.29 is 19.0 Å². The monoisotopic (exact) mass is 572 g/mol. The summed E-state index contributed by atoms with van der Waals surface area (Å²) < 4.78 is 24.2. The molecule has 1 heterocycles. The summed E-state index contributed by atoms with van der Waals surface area (Å²) in [4.78, 5) is 6.77. The summed E-state index contributed by atoms with van der Waals surface area (Å²) in [7, 11) is 3.14. The second-order valence-corrected chi connectivity index (χ2v) is 7.76. The van der Waals surface area contributed by atoms with E-state index in [1.807, 2.05) is 13.0 Å². The van der Waals surface area contributed by atoms with E-state index < -0.39 is 6.10 Å². The molecule has 1 fully saturated rings. The molecule has 0 spiro atoms. The van der Waals surface area contributed by atoms with Crippen LogP contribution in [0, 0.1) is 5.82 Å². The van der Waals surface area contributed by atoms with Crippen molar-refractivity contribution in [3.05, 3.63) is 53.8 Å². The number of halogens is 2. The van der Waals surface area contributed by atoms with Crippen LogP contribution in [-0.2, 0) is 0 Å². The highest BCUT2D eigenvalue weighted by molar-refractivity contribution is 14.0. The van der Waals surface area contributed by atoms with E-state index in [0.717, 1.165) is 31.6 Å². The molecule has 2 aromatic carbocycles. The number of nitrogens with zero attached hydrogens (tertiary/aromatic N) is 2. The lowest BCUT2D eigenvalue weighted by Gasteiger charge is -2.35. The van der Waals surface area contributed by atoms with Crippen LogP contribution in [0.3, 0.4) is 0 Å². The van der Waals surface area contributed by atoms with Crippen molar-refractivity contribution >= 4 is 35.6 Å². The Kier molecular flexibility index (Phi) is 11.0. The summed E-state index contributed by atoms with van der Waals surface area (Å²) in [6, 6.07) is 12.2. The lowest BCUT2D eigenvalue weighted by molar-refractivity contribution is 0.186. The van der Waals surface area contributed by atoms with Crippen LogP contribution < -0.4 is 25.0 Å². The van der Waals surface area contributed by atoms with Gasteiger partial charge in [0.15, 0.2) is 17.5 Å². The highest BCUT2D eigenvalue weighted by Crippen LogP contribution is 2.30. The van der Waals surface area contributed by atoms with E-state index in [1.165, 1.54) is 6.07 Å². The molecular weight excluding hydrogens is 538 g/mol. The summed E-state index contributed by atoms with van der Waals surface area (Å²) >= 11 is 0. The van der Waals surface area contributed by atoms with Crippen LogP contribution in [0.4, 0.5) is 10.1 Å². The highest BCUT2D eigenvalue weighted by atomic mass is 127. The molecule has 0 saturated carbocycles. The number of piperidine rings is 1. The Hall–Kier alpha value is -2.27. The quantitative estimate of drug-likeness (QED) is 0.255. The van der Waals surface area contributed by atoms with E-state index in [9.17, 15) is 9.50 Å². The summed E-state index contributed by atoms with van der Waals surface area (Å²) in [5, 5.41) is 17.4. The molecule has 0 aromatic heterocycles. The van der Waals surface area contributed by atoms with Gasteiger partial charge in [0, 0.05) is 31.4 Å². The van der Waals surface area contributed by atoms with Gasteiger partial charge in [0.25, 0.3) is 0 Å². The van der Waals surface area contributed by atoms with E-state index in [-0.39, 0.29) is 42.4 Å². The smallest absolute Gasteiger partial charge is 0.191 e. The van der Waals surface area contributed by atoms with Crippen LogP contribution in [-0.4, -0.2) is 57.5 Å². The van der Waals surface area contributed by atoms with E-state index in [4.69, 9.17) is 9.47 Å². The van der Waals surface area contributed by atoms with Gasteiger partial charge in [-0.15, -0.1) is 24.0 Å². The first-order chi connectivity index (χ1) is 15.5. The van der Waals surface area contributed by atoms with Gasteiger partial charge in [0.1, 0.15) is 5.82 Å². The maximum atomic E-state index is 13.6. The molecular formula is C24H34FIN4O3. The second kappa shape index (κ2) is 13.4. The summed E-state index contributed by atoms with van der Waals surface area (Å²) in [6.45, 7) is 4.56. The fraction of sp³-hybridized carbons (Fsp3) is 0.458. The number of guanidine groups is 1. The van der Waals surface area contributed by atoms with Gasteiger partial charge in [-0.25, -0.2) is 4.39 Å². The molecule has 182 valence electrons. The molecule has 33 heavy (non-hydrogen) atoms. The summed E-state index contributed by atoms with van der Waals surface area (Å²) in [6.07, 6.45) is 1.22. The minimum absolute atomic E-state index is 0. The third kappa shape index (κ3) is 7.63. The molecule has 7 nitrogen and oxygen atoms in total. The van der Waals surface area contributed by atoms with E-state index in [1.54, 1.807) is 44.6 Å². The van der Waals surface area contributed by atoms with Gasteiger partial charge in [-0.05, 0) is 55.7 Å². The van der Waals surface area contributed by atoms with E-state index >= 15 is 0 Å². The zero-order valence-corrected chi connectivity index (χ0v) is 21.7. The number of aliphatic hydroxyl groups is 1. The van der Waals surface area contributed by atoms with Gasteiger partial charge < -0.3 is 30.1 Å². The van der Waals surface area contributed by atoms with Gasteiger partial charge in [-0.1, -0.05) is 12.1 Å². The maximum absolute atomic E-state index is 13.6. The third-order valence-corrected chi connectivity index (χ3v) is 5.49. The molecule has 0 bridgehead atoms. The first-order valence-electron chi connectivity index (χ1n) is 11.0. The van der Waals surface area contributed by atoms with Crippen molar-refractivity contribution in [1.29, 1.82) is 0 Å². The zero-order valence-electron chi connectivity index (χ0n) is 19.4. The SMILES string of the molecule is CCNC(=NCC(O)c1ccc(OC)c(OC)c1)NC1CCCN(c2cccc(F)c2)C1.I. The lowest BCUT2D eigenvalue weighted by Crippen LogP contribution is -2.51. The molecule has 0 aliphatic carbocycles. The number of rotatable bonds is 8. The number of nitrogens with one attached hydrogen (secondary N) is 2. The molecule has 2 unspecified atom stereocenters. The standard InChI is InChI=1S/C24H33FN4O3.HI/c1-4-26-24(27-15-21(30)17-10-11-22(31-2)23(13-17)32-3)28-19-8-6-12-29(16-19)20-9-5-7-18(25)14-20;/h5,7,9-11,13-14,19,21,30H,4,6,8,12,15-16H2,1-3H3,(H2,26,27,28);1H. The van der Waals surface area contributed by atoms with Crippen LogP contribution in [0.15, 0.2) is 47.5 Å². The normalized spacial score (nSPS) is 17.1. The predicted octanol–water partition coefficient (Wildman–Crippen LogP) is 3.72. The topological polar surface area (TPSA) is 78.4 Å². The number of ether oxygens (including phenoxy) is 2. The molecule has 3 rings (SSSR count). The number of methoxy groups -OCH3 is 2. The van der Waals surface area contributed by atoms with Gasteiger partial charge in [0.2, 0.25) is 0 Å². The Morgan fingerprint density at radius 3 is 2.70 bits per heavy atom. The first kappa shape index (κ1) is 27.0. The molecule has 1 aliphatic heterocycles. The van der Waals surface area contributed by atoms with Crippen molar-refractivity contribution in [1.82, 2.24) is 10.6 Å². The fourth-order valence-electron chi connectivity index (χ4n) is 3.86. The molecule has 9 heteroatoms. The molecule has 0 amide bonds. The van der Waals surface area contributed by atoms with E-state index in [2.05, 4.69) is 20.5 Å². The predicted molar refractivity (Wildman–Crippen MR) is 141 cm³/mol. The average molecular weight is 572 g/mol. The maximum Gasteiger partial charge on any atom is 0.191 e. The highest BCUT2D eigenvalue weighted by Gasteiger charge is 2.21. The Labute approximate surface area is 212 Å². The molecule has 1 aliphatic rings. The Balaban J connectivity index is 0.00000385. The van der Waals surface area contributed by atoms with Gasteiger partial charge >= 0.3 is 0 Å². The average Bonchev–Trinajstić information content (AvgIpc) is 2.82. The number of hydrogen-bond donors (Lipinski definition) is 3. The van der Waals surface area contributed by atoms with Crippen molar-refractivity contribution in [2.24, 2.45) is 4.99 Å².